The van der Waals surface area contributed by atoms with E-state index in [0.29, 0.717) is 17.5 Å². The Kier molecular flexibility index (Phi) is 4.11. The summed E-state index contributed by atoms with van der Waals surface area (Å²) in [6.07, 6.45) is 9.01. The third kappa shape index (κ3) is 2.92. The average molecular weight is 354 g/mol. The number of hydrogen-bond acceptors (Lipinski definition) is 2. The molecule has 4 nitrogen and oxygen atoms in total. The van der Waals surface area contributed by atoms with Crippen molar-refractivity contribution in [3.05, 3.63) is 70.5 Å². The Balaban J connectivity index is 1.63. The minimum atomic E-state index is -0.951. The molecule has 1 N–H and O–H groups in total. The van der Waals surface area contributed by atoms with Crippen molar-refractivity contribution in [3.8, 4) is 0 Å². The number of allylic oxidation sites excluding steroid dienone is 3. The maximum atomic E-state index is 13.7. The molecule has 0 aromatic heterocycles. The summed E-state index contributed by atoms with van der Waals surface area (Å²) in [4.78, 5) is 28.4. The van der Waals surface area contributed by atoms with Crippen LogP contribution in [0.1, 0.15) is 36.0 Å². The van der Waals surface area contributed by atoms with E-state index in [1.54, 1.807) is 12.2 Å². The van der Waals surface area contributed by atoms with E-state index < -0.39 is 17.5 Å². The number of benzene rings is 1. The topological polar surface area (TPSA) is 58.5 Å². The lowest BCUT2D eigenvalue weighted by atomic mass is 9.77. The van der Waals surface area contributed by atoms with Crippen LogP contribution in [0.3, 0.4) is 0 Å². The highest BCUT2D eigenvalue weighted by molar-refractivity contribution is 6.14. The van der Waals surface area contributed by atoms with Crippen LogP contribution in [0, 0.1) is 17.6 Å². The molecule has 1 atom stereocenters. The molecular weight excluding hydrogens is 338 g/mol. The SMILES string of the molecule is O=C1NC2=CC(=NC(=O)c3ccc(F)cc3F)C=CC2C2=C1CCCC2. The van der Waals surface area contributed by atoms with Gasteiger partial charge in [-0.25, -0.2) is 13.8 Å². The van der Waals surface area contributed by atoms with Crippen molar-refractivity contribution in [1.82, 2.24) is 5.32 Å². The first-order valence-corrected chi connectivity index (χ1v) is 8.54. The van der Waals surface area contributed by atoms with Crippen molar-refractivity contribution < 1.29 is 18.4 Å². The van der Waals surface area contributed by atoms with E-state index >= 15 is 0 Å². The molecule has 1 aromatic rings. The minimum Gasteiger partial charge on any atom is -0.325 e. The lowest BCUT2D eigenvalue weighted by molar-refractivity contribution is -0.117. The third-order valence-corrected chi connectivity index (χ3v) is 4.91. The van der Waals surface area contributed by atoms with Crippen molar-refractivity contribution in [1.29, 1.82) is 0 Å². The highest BCUT2D eigenvalue weighted by Gasteiger charge is 2.33. The number of amides is 2. The Bertz CT molecular complexity index is 941. The van der Waals surface area contributed by atoms with Crippen LogP contribution in [0.2, 0.25) is 0 Å². The Labute approximate surface area is 149 Å². The summed E-state index contributed by atoms with van der Waals surface area (Å²) in [6, 6.07) is 2.73. The molecule has 0 fully saturated rings. The van der Waals surface area contributed by atoms with Crippen LogP contribution in [0.25, 0.3) is 0 Å². The fraction of sp³-hybridized carbons (Fsp3) is 0.250. The number of hydrogen-bond donors (Lipinski definition) is 1. The molecule has 1 aliphatic heterocycles. The molecule has 2 aliphatic carbocycles. The molecule has 1 unspecified atom stereocenters. The van der Waals surface area contributed by atoms with E-state index in [4.69, 9.17) is 0 Å². The van der Waals surface area contributed by atoms with Crippen molar-refractivity contribution in [2.45, 2.75) is 25.7 Å². The maximum absolute atomic E-state index is 13.7. The number of carbonyl (C=O) groups is 2. The molecule has 1 heterocycles. The summed E-state index contributed by atoms with van der Waals surface area (Å²) < 4.78 is 26.7. The zero-order chi connectivity index (χ0) is 18.3. The Morgan fingerprint density at radius 2 is 2.00 bits per heavy atom. The molecule has 26 heavy (non-hydrogen) atoms. The number of aliphatic imine (C=N–C) groups is 1. The minimum absolute atomic E-state index is 0.000362. The lowest BCUT2D eigenvalue weighted by Gasteiger charge is -2.33. The van der Waals surface area contributed by atoms with E-state index in [1.165, 1.54) is 0 Å². The van der Waals surface area contributed by atoms with Crippen LogP contribution in [-0.2, 0) is 4.79 Å². The molecule has 0 saturated heterocycles. The molecule has 3 aliphatic rings. The first-order valence-electron chi connectivity index (χ1n) is 8.54. The molecule has 0 spiro atoms. The maximum Gasteiger partial charge on any atom is 0.280 e. The lowest BCUT2D eigenvalue weighted by Crippen LogP contribution is -2.37. The van der Waals surface area contributed by atoms with Crippen molar-refractivity contribution >= 4 is 17.5 Å². The molecule has 0 saturated carbocycles. The van der Waals surface area contributed by atoms with Gasteiger partial charge in [0.1, 0.15) is 11.6 Å². The van der Waals surface area contributed by atoms with Crippen molar-refractivity contribution in [3.63, 3.8) is 0 Å². The van der Waals surface area contributed by atoms with Gasteiger partial charge < -0.3 is 5.32 Å². The number of nitrogens with zero attached hydrogens (tertiary/aromatic N) is 1. The van der Waals surface area contributed by atoms with E-state index in [-0.39, 0.29) is 17.4 Å². The first kappa shape index (κ1) is 16.6. The highest BCUT2D eigenvalue weighted by atomic mass is 19.1. The third-order valence-electron chi connectivity index (χ3n) is 4.91. The molecule has 4 rings (SSSR count). The van der Waals surface area contributed by atoms with Crippen LogP contribution in [0.4, 0.5) is 8.78 Å². The molecule has 132 valence electrons. The van der Waals surface area contributed by atoms with Gasteiger partial charge in [-0.3, -0.25) is 9.59 Å². The molecule has 1 aromatic carbocycles. The predicted molar refractivity (Wildman–Crippen MR) is 92.5 cm³/mol. The van der Waals surface area contributed by atoms with Gasteiger partial charge in [-0.05, 0) is 55.5 Å². The van der Waals surface area contributed by atoms with Crippen LogP contribution in [0.15, 0.2) is 58.3 Å². The number of nitrogens with one attached hydrogen (secondary N) is 1. The predicted octanol–water partition coefficient (Wildman–Crippen LogP) is 3.62. The zero-order valence-corrected chi connectivity index (χ0v) is 13.9. The monoisotopic (exact) mass is 354 g/mol. The standard InChI is InChI=1S/C20H16F2N2O2/c21-11-5-7-16(17(22)9-11)20(26)23-12-6-8-14-13-3-1-2-4-15(13)19(25)24-18(14)10-12/h5-10,14H,1-4H2,(H,24,25). The van der Waals surface area contributed by atoms with Crippen LogP contribution in [0.5, 0.6) is 0 Å². The summed E-state index contributed by atoms with van der Waals surface area (Å²) in [7, 11) is 0. The largest absolute Gasteiger partial charge is 0.325 e. The first-order chi connectivity index (χ1) is 12.5. The molecule has 0 radical (unpaired) electrons. The van der Waals surface area contributed by atoms with Crippen LogP contribution < -0.4 is 5.32 Å². The van der Waals surface area contributed by atoms with Gasteiger partial charge >= 0.3 is 0 Å². The second-order valence-electron chi connectivity index (χ2n) is 6.57. The molecule has 0 bridgehead atoms. The fourth-order valence-electron chi connectivity index (χ4n) is 3.66. The fourth-order valence-corrected chi connectivity index (χ4v) is 3.66. The highest BCUT2D eigenvalue weighted by Crippen LogP contribution is 2.38. The van der Waals surface area contributed by atoms with E-state index in [2.05, 4.69) is 10.3 Å². The summed E-state index contributed by atoms with van der Waals surface area (Å²) in [5, 5.41) is 2.88. The van der Waals surface area contributed by atoms with Crippen molar-refractivity contribution in [2.75, 3.05) is 0 Å². The molecule has 2 amide bonds. The van der Waals surface area contributed by atoms with Crippen LogP contribution >= 0.6 is 0 Å². The Morgan fingerprint density at radius 1 is 1.19 bits per heavy atom. The summed E-state index contributed by atoms with van der Waals surface area (Å²) >= 11 is 0. The van der Waals surface area contributed by atoms with Crippen molar-refractivity contribution in [2.24, 2.45) is 10.9 Å². The number of rotatable bonds is 1. The van der Waals surface area contributed by atoms with Gasteiger partial charge in [-0.1, -0.05) is 6.08 Å². The second-order valence-corrected chi connectivity index (χ2v) is 6.57. The van der Waals surface area contributed by atoms with Gasteiger partial charge in [0.2, 0.25) is 0 Å². The average Bonchev–Trinajstić information content (AvgIpc) is 2.61. The quantitative estimate of drug-likeness (QED) is 0.837. The van der Waals surface area contributed by atoms with Gasteiger partial charge in [-0.15, -0.1) is 0 Å². The van der Waals surface area contributed by atoms with Gasteiger partial charge in [0.05, 0.1) is 11.3 Å². The normalized spacial score (nSPS) is 23.3. The zero-order valence-electron chi connectivity index (χ0n) is 13.9. The molecular formula is C20H16F2N2O2. The Morgan fingerprint density at radius 3 is 2.81 bits per heavy atom. The smallest absolute Gasteiger partial charge is 0.280 e. The number of carbonyl (C=O) groups excluding carboxylic acids is 2. The Hall–Kier alpha value is -2.89. The number of halogens is 2. The van der Waals surface area contributed by atoms with Crippen LogP contribution in [-0.4, -0.2) is 17.5 Å². The summed E-state index contributed by atoms with van der Waals surface area (Å²) in [5.74, 6) is -2.59. The van der Waals surface area contributed by atoms with Gasteiger partial charge in [0.15, 0.2) is 0 Å². The molecule has 6 heteroatoms. The summed E-state index contributed by atoms with van der Waals surface area (Å²) in [5.41, 5.74) is 2.72. The van der Waals surface area contributed by atoms with Gasteiger partial charge in [-0.2, -0.15) is 0 Å². The summed E-state index contributed by atoms with van der Waals surface area (Å²) in [6.45, 7) is 0. The van der Waals surface area contributed by atoms with E-state index in [0.717, 1.165) is 49.0 Å². The van der Waals surface area contributed by atoms with E-state index in [1.807, 2.05) is 6.08 Å². The number of fused-ring (bicyclic) bond motifs is 2. The van der Waals surface area contributed by atoms with E-state index in [9.17, 15) is 18.4 Å². The van der Waals surface area contributed by atoms with Gasteiger partial charge in [0.25, 0.3) is 11.8 Å². The second kappa shape index (κ2) is 6.44. The van der Waals surface area contributed by atoms with Gasteiger partial charge in [0, 0.05) is 23.3 Å².